The van der Waals surface area contributed by atoms with Crippen molar-refractivity contribution in [2.45, 2.75) is 44.6 Å². The summed E-state index contributed by atoms with van der Waals surface area (Å²) in [6.45, 7) is 0.763. The number of fused-ring (bicyclic) bond motifs is 1. The lowest BCUT2D eigenvalue weighted by molar-refractivity contribution is -0.121. The molecule has 0 aromatic heterocycles. The minimum atomic E-state index is -0.104. The highest BCUT2D eigenvalue weighted by atomic mass is 16.2. The van der Waals surface area contributed by atoms with E-state index in [1.165, 1.54) is 36.8 Å². The maximum atomic E-state index is 12.2. The van der Waals surface area contributed by atoms with Crippen LogP contribution >= 0.6 is 0 Å². The molecule has 1 aliphatic heterocycles. The highest BCUT2D eigenvalue weighted by molar-refractivity contribution is 5.87. The Hall–Kier alpha value is -1.77. The number of carbonyl (C=O) groups is 1. The second kappa shape index (κ2) is 6.12. The summed E-state index contributed by atoms with van der Waals surface area (Å²) < 4.78 is 0. The number of benzene rings is 1. The number of carbonyl (C=O) groups excluding carboxylic acids is 1. The second-order valence-corrected chi connectivity index (χ2v) is 5.71. The van der Waals surface area contributed by atoms with Crippen molar-refractivity contribution in [1.29, 1.82) is 0 Å². The van der Waals surface area contributed by atoms with Crippen LogP contribution in [-0.4, -0.2) is 18.5 Å². The summed E-state index contributed by atoms with van der Waals surface area (Å²) in [7, 11) is 0. The molecule has 2 N–H and O–H groups in total. The first-order valence-corrected chi connectivity index (χ1v) is 7.63. The zero-order chi connectivity index (χ0) is 13.8. The fourth-order valence-corrected chi connectivity index (χ4v) is 3.06. The van der Waals surface area contributed by atoms with Crippen molar-refractivity contribution in [2.24, 2.45) is 0 Å². The summed E-state index contributed by atoms with van der Waals surface area (Å²) in [5.74, 6) is 0.123. The van der Waals surface area contributed by atoms with Gasteiger partial charge >= 0.3 is 0 Å². The highest BCUT2D eigenvalue weighted by Crippen LogP contribution is 2.25. The largest absolute Gasteiger partial charge is 0.373 e. The number of hydrogen-bond donors (Lipinski definition) is 2. The minimum Gasteiger partial charge on any atom is -0.373 e. The Kier molecular flexibility index (Phi) is 4.05. The Balaban J connectivity index is 1.45. The van der Waals surface area contributed by atoms with Crippen LogP contribution in [0.25, 0.3) is 0 Å². The van der Waals surface area contributed by atoms with Gasteiger partial charge in [0, 0.05) is 18.7 Å². The van der Waals surface area contributed by atoms with Gasteiger partial charge in [-0.05, 0) is 43.7 Å². The lowest BCUT2D eigenvalue weighted by atomic mass is 9.97. The molecule has 1 aromatic carbocycles. The Morgan fingerprint density at radius 3 is 3.00 bits per heavy atom. The summed E-state index contributed by atoms with van der Waals surface area (Å²) in [6.07, 6.45) is 9.20. The third-order valence-electron chi connectivity index (χ3n) is 4.22. The maximum Gasteiger partial charge on any atom is 0.242 e. The van der Waals surface area contributed by atoms with Crippen LogP contribution in [0.3, 0.4) is 0 Å². The first kappa shape index (κ1) is 13.2. The molecular formula is C17H22N2O. The minimum absolute atomic E-state index is 0.104. The Morgan fingerprint density at radius 1 is 1.30 bits per heavy atom. The van der Waals surface area contributed by atoms with Crippen LogP contribution in [0.4, 0.5) is 5.69 Å². The Morgan fingerprint density at radius 2 is 2.20 bits per heavy atom. The number of allylic oxidation sites excluding steroid dienone is 1. The van der Waals surface area contributed by atoms with Gasteiger partial charge < -0.3 is 10.6 Å². The number of rotatable bonds is 4. The second-order valence-electron chi connectivity index (χ2n) is 5.71. The first-order valence-electron chi connectivity index (χ1n) is 7.63. The molecule has 0 bridgehead atoms. The van der Waals surface area contributed by atoms with Gasteiger partial charge in [0.1, 0.15) is 6.04 Å². The van der Waals surface area contributed by atoms with E-state index in [9.17, 15) is 4.79 Å². The molecule has 3 nitrogen and oxygen atoms in total. The number of anilines is 1. The van der Waals surface area contributed by atoms with Crippen molar-refractivity contribution in [3.63, 3.8) is 0 Å². The molecule has 3 heteroatoms. The number of nitrogens with one attached hydrogen (secondary N) is 2. The van der Waals surface area contributed by atoms with Crippen molar-refractivity contribution in [1.82, 2.24) is 5.32 Å². The van der Waals surface area contributed by atoms with E-state index in [-0.39, 0.29) is 11.9 Å². The molecule has 1 amide bonds. The summed E-state index contributed by atoms with van der Waals surface area (Å²) >= 11 is 0. The number of amides is 1. The van der Waals surface area contributed by atoms with E-state index in [0.29, 0.717) is 0 Å². The fraction of sp³-hybridized carbons (Fsp3) is 0.471. The summed E-state index contributed by atoms with van der Waals surface area (Å²) in [4.78, 5) is 12.2. The Labute approximate surface area is 120 Å². The molecule has 3 rings (SSSR count). The van der Waals surface area contributed by atoms with E-state index in [4.69, 9.17) is 0 Å². The third-order valence-corrected chi connectivity index (χ3v) is 4.22. The van der Waals surface area contributed by atoms with Crippen molar-refractivity contribution in [3.8, 4) is 0 Å². The van der Waals surface area contributed by atoms with Crippen molar-refractivity contribution < 1.29 is 4.79 Å². The van der Waals surface area contributed by atoms with Gasteiger partial charge in [-0.2, -0.15) is 0 Å². The first-order chi connectivity index (χ1) is 9.83. The predicted molar refractivity (Wildman–Crippen MR) is 81.7 cm³/mol. The van der Waals surface area contributed by atoms with E-state index in [1.54, 1.807) is 0 Å². The van der Waals surface area contributed by atoms with Crippen LogP contribution in [0.2, 0.25) is 0 Å². The number of hydrogen-bond acceptors (Lipinski definition) is 2. The van der Waals surface area contributed by atoms with Crippen LogP contribution in [0, 0.1) is 0 Å². The number of para-hydroxylation sites is 1. The molecule has 1 heterocycles. The normalized spacial score (nSPS) is 20.8. The van der Waals surface area contributed by atoms with Crippen LogP contribution < -0.4 is 10.6 Å². The molecule has 0 saturated carbocycles. The van der Waals surface area contributed by atoms with Gasteiger partial charge in [0.15, 0.2) is 0 Å². The van der Waals surface area contributed by atoms with E-state index < -0.39 is 0 Å². The SMILES string of the molecule is O=C(NCCC1=CCCCC1)C1Cc2ccccc2N1. The van der Waals surface area contributed by atoms with Gasteiger partial charge in [-0.1, -0.05) is 29.8 Å². The van der Waals surface area contributed by atoms with Gasteiger partial charge in [-0.15, -0.1) is 0 Å². The molecule has 0 fully saturated rings. The predicted octanol–water partition coefficient (Wildman–Crippen LogP) is 3.03. The summed E-state index contributed by atoms with van der Waals surface area (Å²) in [6, 6.07) is 8.04. The third kappa shape index (κ3) is 3.03. The zero-order valence-corrected chi connectivity index (χ0v) is 11.8. The van der Waals surface area contributed by atoms with Gasteiger partial charge in [-0.25, -0.2) is 0 Å². The molecule has 1 aliphatic carbocycles. The lowest BCUT2D eigenvalue weighted by Crippen LogP contribution is -2.38. The Bertz CT molecular complexity index is 496. The van der Waals surface area contributed by atoms with Crippen molar-refractivity contribution >= 4 is 11.6 Å². The highest BCUT2D eigenvalue weighted by Gasteiger charge is 2.25. The molecule has 106 valence electrons. The van der Waals surface area contributed by atoms with E-state index in [1.807, 2.05) is 18.2 Å². The molecule has 2 aliphatic rings. The smallest absolute Gasteiger partial charge is 0.242 e. The van der Waals surface area contributed by atoms with E-state index >= 15 is 0 Å². The van der Waals surface area contributed by atoms with Crippen molar-refractivity contribution in [2.75, 3.05) is 11.9 Å². The standard InChI is InChI=1S/C17H22N2O/c20-17(18-11-10-13-6-2-1-3-7-13)16-12-14-8-4-5-9-15(14)19-16/h4-6,8-9,16,19H,1-3,7,10-12H2,(H,18,20). The van der Waals surface area contributed by atoms with Crippen LogP contribution in [0.5, 0.6) is 0 Å². The van der Waals surface area contributed by atoms with Crippen LogP contribution in [-0.2, 0) is 11.2 Å². The molecule has 1 atom stereocenters. The molecular weight excluding hydrogens is 248 g/mol. The van der Waals surface area contributed by atoms with Crippen molar-refractivity contribution in [3.05, 3.63) is 41.5 Å². The molecule has 1 aromatic rings. The average Bonchev–Trinajstić information content (AvgIpc) is 2.92. The van der Waals surface area contributed by atoms with E-state index in [2.05, 4.69) is 22.8 Å². The van der Waals surface area contributed by atoms with Gasteiger partial charge in [0.2, 0.25) is 5.91 Å². The maximum absolute atomic E-state index is 12.2. The fourth-order valence-electron chi connectivity index (χ4n) is 3.06. The van der Waals surface area contributed by atoms with Crippen LogP contribution in [0.1, 0.15) is 37.7 Å². The molecule has 0 spiro atoms. The monoisotopic (exact) mass is 270 g/mol. The summed E-state index contributed by atoms with van der Waals surface area (Å²) in [5, 5.41) is 6.36. The molecule has 1 unspecified atom stereocenters. The average molecular weight is 270 g/mol. The van der Waals surface area contributed by atoms with Gasteiger partial charge in [0.05, 0.1) is 0 Å². The van der Waals surface area contributed by atoms with Gasteiger partial charge in [-0.3, -0.25) is 4.79 Å². The zero-order valence-electron chi connectivity index (χ0n) is 11.8. The summed E-state index contributed by atoms with van der Waals surface area (Å²) in [5.41, 5.74) is 3.85. The lowest BCUT2D eigenvalue weighted by Gasteiger charge is -2.15. The van der Waals surface area contributed by atoms with Gasteiger partial charge in [0.25, 0.3) is 0 Å². The molecule has 20 heavy (non-hydrogen) atoms. The van der Waals surface area contributed by atoms with Crippen LogP contribution in [0.15, 0.2) is 35.9 Å². The molecule has 0 saturated heterocycles. The molecule has 0 radical (unpaired) electrons. The quantitative estimate of drug-likeness (QED) is 0.826. The topological polar surface area (TPSA) is 41.1 Å². The van der Waals surface area contributed by atoms with E-state index in [0.717, 1.165) is 25.1 Å².